The first-order valence-corrected chi connectivity index (χ1v) is 5.24. The number of hydrogen-bond donors (Lipinski definition) is 2. The van der Waals surface area contributed by atoms with E-state index in [-0.39, 0.29) is 5.75 Å². The number of phenols is 1. The number of aromatic hydroxyl groups is 1. The fourth-order valence-corrected chi connectivity index (χ4v) is 2.10. The Bertz CT molecular complexity index is 566. The number of para-hydroxylation sites is 1. The maximum atomic E-state index is 9.75. The SMILES string of the molecule is Nc1c2c(nc3c(O)cccc13)CCOC2. The van der Waals surface area contributed by atoms with Crippen molar-refractivity contribution in [2.75, 3.05) is 12.3 Å². The highest BCUT2D eigenvalue weighted by molar-refractivity contribution is 5.95. The van der Waals surface area contributed by atoms with Crippen LogP contribution in [0.1, 0.15) is 11.3 Å². The molecule has 3 rings (SSSR count). The van der Waals surface area contributed by atoms with E-state index in [0.29, 0.717) is 24.4 Å². The highest BCUT2D eigenvalue weighted by Crippen LogP contribution is 2.32. The summed E-state index contributed by atoms with van der Waals surface area (Å²) < 4.78 is 5.37. The minimum absolute atomic E-state index is 0.179. The summed E-state index contributed by atoms with van der Waals surface area (Å²) in [5, 5.41) is 10.5. The summed E-state index contributed by atoms with van der Waals surface area (Å²) in [4.78, 5) is 4.47. The fourth-order valence-electron chi connectivity index (χ4n) is 2.10. The second-order valence-corrected chi connectivity index (χ2v) is 3.93. The standard InChI is InChI=1S/C12H12N2O2/c13-11-7-2-1-3-10(15)12(7)14-9-4-5-16-6-8(9)11/h1-3,15H,4-6H2,(H2,13,14). The Morgan fingerprint density at radius 2 is 2.25 bits per heavy atom. The molecule has 0 radical (unpaired) electrons. The monoisotopic (exact) mass is 216 g/mol. The summed E-state index contributed by atoms with van der Waals surface area (Å²) in [7, 11) is 0. The molecule has 4 heteroatoms. The number of nitrogens with two attached hydrogens (primary N) is 1. The maximum absolute atomic E-state index is 9.75. The van der Waals surface area contributed by atoms with Gasteiger partial charge in [0, 0.05) is 23.1 Å². The number of rotatable bonds is 0. The molecule has 0 fully saturated rings. The highest BCUT2D eigenvalue weighted by Gasteiger charge is 2.17. The van der Waals surface area contributed by atoms with E-state index in [9.17, 15) is 5.11 Å². The van der Waals surface area contributed by atoms with E-state index in [0.717, 1.165) is 23.1 Å². The Hall–Kier alpha value is -1.81. The number of pyridine rings is 1. The Kier molecular flexibility index (Phi) is 1.97. The van der Waals surface area contributed by atoms with Crippen LogP contribution in [0.4, 0.5) is 5.69 Å². The number of nitrogen functional groups attached to an aromatic ring is 1. The van der Waals surface area contributed by atoms with Crippen LogP contribution in [-0.2, 0) is 17.8 Å². The van der Waals surface area contributed by atoms with Gasteiger partial charge in [0.05, 0.1) is 18.9 Å². The number of anilines is 1. The molecular formula is C12H12N2O2. The van der Waals surface area contributed by atoms with Crippen molar-refractivity contribution in [3.8, 4) is 5.75 Å². The summed E-state index contributed by atoms with van der Waals surface area (Å²) in [6, 6.07) is 5.26. The number of hydrogen-bond acceptors (Lipinski definition) is 4. The van der Waals surface area contributed by atoms with Gasteiger partial charge in [-0.05, 0) is 6.07 Å². The normalized spacial score (nSPS) is 15.0. The summed E-state index contributed by atoms with van der Waals surface area (Å²) in [6.45, 7) is 1.18. The molecule has 1 aromatic heterocycles. The van der Waals surface area contributed by atoms with Crippen molar-refractivity contribution in [1.82, 2.24) is 4.98 Å². The summed E-state index contributed by atoms with van der Waals surface area (Å²) in [5.74, 6) is 0.179. The van der Waals surface area contributed by atoms with Crippen molar-refractivity contribution in [2.24, 2.45) is 0 Å². The van der Waals surface area contributed by atoms with Crippen molar-refractivity contribution < 1.29 is 9.84 Å². The molecule has 0 bridgehead atoms. The average molecular weight is 216 g/mol. The Morgan fingerprint density at radius 3 is 3.12 bits per heavy atom. The molecule has 0 saturated carbocycles. The van der Waals surface area contributed by atoms with Crippen LogP contribution in [0.3, 0.4) is 0 Å². The zero-order chi connectivity index (χ0) is 11.1. The van der Waals surface area contributed by atoms with Gasteiger partial charge in [-0.1, -0.05) is 12.1 Å². The van der Waals surface area contributed by atoms with Gasteiger partial charge in [0.2, 0.25) is 0 Å². The van der Waals surface area contributed by atoms with Gasteiger partial charge in [-0.3, -0.25) is 0 Å². The van der Waals surface area contributed by atoms with E-state index in [2.05, 4.69) is 4.98 Å². The Morgan fingerprint density at radius 1 is 1.38 bits per heavy atom. The van der Waals surface area contributed by atoms with Crippen molar-refractivity contribution in [2.45, 2.75) is 13.0 Å². The second-order valence-electron chi connectivity index (χ2n) is 3.93. The molecule has 0 unspecified atom stereocenters. The summed E-state index contributed by atoms with van der Waals surface area (Å²) >= 11 is 0. The van der Waals surface area contributed by atoms with Crippen LogP contribution >= 0.6 is 0 Å². The first-order valence-electron chi connectivity index (χ1n) is 5.24. The number of nitrogens with zero attached hydrogens (tertiary/aromatic N) is 1. The summed E-state index contributed by atoms with van der Waals surface area (Å²) in [6.07, 6.45) is 0.754. The smallest absolute Gasteiger partial charge is 0.141 e. The lowest BCUT2D eigenvalue weighted by atomic mass is 10.0. The van der Waals surface area contributed by atoms with E-state index in [4.69, 9.17) is 10.5 Å². The molecule has 0 atom stereocenters. The van der Waals surface area contributed by atoms with Gasteiger partial charge in [-0.2, -0.15) is 0 Å². The number of aromatic nitrogens is 1. The maximum Gasteiger partial charge on any atom is 0.141 e. The third-order valence-corrected chi connectivity index (χ3v) is 2.95. The molecule has 2 aromatic rings. The van der Waals surface area contributed by atoms with Gasteiger partial charge in [-0.25, -0.2) is 4.98 Å². The molecular weight excluding hydrogens is 204 g/mol. The molecule has 16 heavy (non-hydrogen) atoms. The minimum atomic E-state index is 0.179. The van der Waals surface area contributed by atoms with E-state index in [1.165, 1.54) is 0 Å². The number of ether oxygens (including phenoxy) is 1. The van der Waals surface area contributed by atoms with Crippen LogP contribution in [0.2, 0.25) is 0 Å². The highest BCUT2D eigenvalue weighted by atomic mass is 16.5. The van der Waals surface area contributed by atoms with Gasteiger partial charge >= 0.3 is 0 Å². The largest absolute Gasteiger partial charge is 0.506 e. The molecule has 1 aliphatic heterocycles. The van der Waals surface area contributed by atoms with Gasteiger partial charge in [0.1, 0.15) is 11.3 Å². The van der Waals surface area contributed by atoms with E-state index < -0.39 is 0 Å². The van der Waals surface area contributed by atoms with E-state index >= 15 is 0 Å². The lowest BCUT2D eigenvalue weighted by Gasteiger charge is -2.19. The zero-order valence-corrected chi connectivity index (χ0v) is 8.73. The molecule has 0 amide bonds. The fraction of sp³-hybridized carbons (Fsp3) is 0.250. The van der Waals surface area contributed by atoms with Crippen LogP contribution < -0.4 is 5.73 Å². The second kappa shape index (κ2) is 3.35. The quantitative estimate of drug-likeness (QED) is 0.701. The first-order chi connectivity index (χ1) is 7.77. The van der Waals surface area contributed by atoms with Crippen molar-refractivity contribution in [1.29, 1.82) is 0 Å². The van der Waals surface area contributed by atoms with Crippen LogP contribution in [0.5, 0.6) is 5.75 Å². The molecule has 3 N–H and O–H groups in total. The minimum Gasteiger partial charge on any atom is -0.506 e. The average Bonchev–Trinajstić information content (AvgIpc) is 2.31. The molecule has 0 aliphatic carbocycles. The van der Waals surface area contributed by atoms with E-state index in [1.54, 1.807) is 12.1 Å². The lowest BCUT2D eigenvalue weighted by molar-refractivity contribution is 0.110. The van der Waals surface area contributed by atoms with Gasteiger partial charge < -0.3 is 15.6 Å². The Labute approximate surface area is 92.7 Å². The number of phenolic OH excluding ortho intramolecular Hbond substituents is 1. The zero-order valence-electron chi connectivity index (χ0n) is 8.73. The van der Waals surface area contributed by atoms with Crippen molar-refractivity contribution in [3.63, 3.8) is 0 Å². The third kappa shape index (κ3) is 1.23. The van der Waals surface area contributed by atoms with Gasteiger partial charge in [0.25, 0.3) is 0 Å². The van der Waals surface area contributed by atoms with Crippen LogP contribution in [0, 0.1) is 0 Å². The molecule has 0 saturated heterocycles. The number of fused-ring (bicyclic) bond motifs is 2. The third-order valence-electron chi connectivity index (χ3n) is 2.95. The van der Waals surface area contributed by atoms with Gasteiger partial charge in [-0.15, -0.1) is 0 Å². The Balaban J connectivity index is 2.39. The number of benzene rings is 1. The molecule has 0 spiro atoms. The topological polar surface area (TPSA) is 68.4 Å². The van der Waals surface area contributed by atoms with Crippen molar-refractivity contribution >= 4 is 16.6 Å². The van der Waals surface area contributed by atoms with Crippen LogP contribution in [0.25, 0.3) is 10.9 Å². The van der Waals surface area contributed by atoms with Gasteiger partial charge in [0.15, 0.2) is 0 Å². The molecule has 2 heterocycles. The molecule has 4 nitrogen and oxygen atoms in total. The molecule has 1 aliphatic rings. The lowest BCUT2D eigenvalue weighted by Crippen LogP contribution is -2.14. The first kappa shape index (κ1) is 9.42. The molecule has 1 aromatic carbocycles. The van der Waals surface area contributed by atoms with Crippen LogP contribution in [0.15, 0.2) is 18.2 Å². The molecule has 82 valence electrons. The van der Waals surface area contributed by atoms with E-state index in [1.807, 2.05) is 6.07 Å². The van der Waals surface area contributed by atoms with Crippen molar-refractivity contribution in [3.05, 3.63) is 29.5 Å². The predicted molar refractivity (Wildman–Crippen MR) is 61.2 cm³/mol. The van der Waals surface area contributed by atoms with Crippen LogP contribution in [-0.4, -0.2) is 16.7 Å². The summed E-state index contributed by atoms with van der Waals surface area (Å²) in [5.41, 5.74) is 9.24. The predicted octanol–water partition coefficient (Wildman–Crippen LogP) is 1.60.